The van der Waals surface area contributed by atoms with Gasteiger partial charge in [0.05, 0.1) is 12.0 Å². The molecule has 5 nitrogen and oxygen atoms in total. The standard InChI is InChI=1S/C19H21NO4/c1-3-9-20-14-10-18-15-11(4-2)5-6-12(21)16(15)24-17(18)13(22)7-8-19(14,18)23/h3,5-6,17,21,23H,1,4,7-10H2,2H3/b20-14-/t17-,18-,19+/m0/s1. The van der Waals surface area contributed by atoms with Gasteiger partial charge in [-0.1, -0.05) is 19.1 Å². The number of aromatic hydroxyl groups is 1. The number of carbonyl (C=O) groups excluding carboxylic acids is 1. The molecule has 1 spiro atoms. The Labute approximate surface area is 140 Å². The van der Waals surface area contributed by atoms with Crippen molar-refractivity contribution in [2.24, 2.45) is 4.99 Å². The third-order valence-electron chi connectivity index (χ3n) is 5.83. The average Bonchev–Trinajstić information content (AvgIpc) is 2.95. The second-order valence-electron chi connectivity index (χ2n) is 6.85. The van der Waals surface area contributed by atoms with Crippen LogP contribution in [-0.2, 0) is 16.6 Å². The fourth-order valence-electron chi connectivity index (χ4n) is 4.68. The Morgan fingerprint density at radius 1 is 1.50 bits per heavy atom. The van der Waals surface area contributed by atoms with Crippen LogP contribution in [0.5, 0.6) is 11.5 Å². The summed E-state index contributed by atoms with van der Waals surface area (Å²) in [5.74, 6) is 0.369. The first-order chi connectivity index (χ1) is 11.5. The molecule has 2 saturated carbocycles. The third kappa shape index (κ3) is 1.58. The SMILES string of the molecule is C=CC/N=C1/C[C@]23c4c(CC)ccc(O)c4O[C@H]2C(=O)CC[C@@]13O. The van der Waals surface area contributed by atoms with E-state index in [0.717, 1.165) is 17.5 Å². The normalized spacial score (nSPS) is 34.8. The van der Waals surface area contributed by atoms with Gasteiger partial charge in [0.1, 0.15) is 5.60 Å². The first-order valence-electron chi connectivity index (χ1n) is 8.41. The van der Waals surface area contributed by atoms with Crippen LogP contribution in [0.3, 0.4) is 0 Å². The van der Waals surface area contributed by atoms with E-state index in [0.29, 0.717) is 30.8 Å². The van der Waals surface area contributed by atoms with Gasteiger partial charge in [-0.05, 0) is 24.5 Å². The molecular formula is C19H21NO4. The Morgan fingerprint density at radius 3 is 3.00 bits per heavy atom. The summed E-state index contributed by atoms with van der Waals surface area (Å²) in [4.78, 5) is 17.0. The lowest BCUT2D eigenvalue weighted by Gasteiger charge is -2.59. The van der Waals surface area contributed by atoms with E-state index in [2.05, 4.69) is 11.6 Å². The van der Waals surface area contributed by atoms with Crippen LogP contribution in [0.4, 0.5) is 0 Å². The summed E-state index contributed by atoms with van der Waals surface area (Å²) in [6.45, 7) is 6.13. The molecule has 1 aliphatic heterocycles. The van der Waals surface area contributed by atoms with Crippen molar-refractivity contribution in [2.45, 2.75) is 49.7 Å². The minimum absolute atomic E-state index is 0.0138. The van der Waals surface area contributed by atoms with Crippen LogP contribution in [-0.4, -0.2) is 40.0 Å². The van der Waals surface area contributed by atoms with Gasteiger partial charge >= 0.3 is 0 Å². The summed E-state index contributed by atoms with van der Waals surface area (Å²) in [7, 11) is 0. The van der Waals surface area contributed by atoms with Crippen LogP contribution in [0.2, 0.25) is 0 Å². The molecule has 0 unspecified atom stereocenters. The number of carbonyl (C=O) groups is 1. The van der Waals surface area contributed by atoms with E-state index >= 15 is 0 Å². The van der Waals surface area contributed by atoms with Gasteiger partial charge in [0.2, 0.25) is 0 Å². The van der Waals surface area contributed by atoms with Crippen molar-refractivity contribution < 1.29 is 19.7 Å². The Hall–Kier alpha value is -2.14. The fourth-order valence-corrected chi connectivity index (χ4v) is 4.68. The highest BCUT2D eigenvalue weighted by Gasteiger charge is 2.75. The number of fused-ring (bicyclic) bond motifs is 1. The molecule has 0 aromatic heterocycles. The lowest BCUT2D eigenvalue weighted by Crippen LogP contribution is -2.75. The number of hydrogen-bond acceptors (Lipinski definition) is 5. The predicted octanol–water partition coefficient (Wildman–Crippen LogP) is 2.08. The second-order valence-corrected chi connectivity index (χ2v) is 6.85. The predicted molar refractivity (Wildman–Crippen MR) is 89.9 cm³/mol. The summed E-state index contributed by atoms with van der Waals surface area (Å²) >= 11 is 0. The molecular weight excluding hydrogens is 306 g/mol. The van der Waals surface area contributed by atoms with Crippen molar-refractivity contribution in [2.75, 3.05) is 6.54 Å². The Bertz CT molecular complexity index is 784. The minimum Gasteiger partial charge on any atom is -0.504 e. The van der Waals surface area contributed by atoms with E-state index < -0.39 is 17.1 Å². The van der Waals surface area contributed by atoms with E-state index in [1.54, 1.807) is 12.1 Å². The molecule has 126 valence electrons. The van der Waals surface area contributed by atoms with E-state index in [4.69, 9.17) is 4.74 Å². The highest BCUT2D eigenvalue weighted by molar-refractivity contribution is 6.08. The number of ketones is 1. The van der Waals surface area contributed by atoms with Crippen molar-refractivity contribution in [3.63, 3.8) is 0 Å². The molecule has 1 aromatic carbocycles. The van der Waals surface area contributed by atoms with Crippen LogP contribution in [0, 0.1) is 0 Å². The average molecular weight is 327 g/mol. The van der Waals surface area contributed by atoms with Gasteiger partial charge < -0.3 is 14.9 Å². The number of benzene rings is 1. The number of Topliss-reactive ketones (excluding diaryl/α,β-unsaturated/α-hetero) is 1. The second kappa shape index (κ2) is 4.93. The third-order valence-corrected chi connectivity index (χ3v) is 5.83. The van der Waals surface area contributed by atoms with Gasteiger partial charge in [0, 0.05) is 24.1 Å². The maximum absolute atomic E-state index is 12.5. The number of nitrogens with zero attached hydrogens (tertiary/aromatic N) is 1. The highest BCUT2D eigenvalue weighted by atomic mass is 16.5. The van der Waals surface area contributed by atoms with Crippen LogP contribution in [0.1, 0.15) is 37.3 Å². The van der Waals surface area contributed by atoms with Crippen LogP contribution >= 0.6 is 0 Å². The van der Waals surface area contributed by atoms with E-state index in [1.165, 1.54) is 0 Å². The lowest BCUT2D eigenvalue weighted by atomic mass is 9.45. The molecule has 5 heteroatoms. The van der Waals surface area contributed by atoms with Gasteiger partial charge in [0.25, 0.3) is 0 Å². The number of phenols is 1. The summed E-state index contributed by atoms with van der Waals surface area (Å²) in [6.07, 6.45) is 2.77. The van der Waals surface area contributed by atoms with Gasteiger partial charge in [-0.3, -0.25) is 9.79 Å². The van der Waals surface area contributed by atoms with Crippen molar-refractivity contribution in [3.05, 3.63) is 35.9 Å². The van der Waals surface area contributed by atoms with E-state index in [1.807, 2.05) is 13.0 Å². The number of rotatable bonds is 3. The van der Waals surface area contributed by atoms with Crippen LogP contribution in [0.25, 0.3) is 0 Å². The zero-order valence-electron chi connectivity index (χ0n) is 13.7. The fraction of sp³-hybridized carbons (Fsp3) is 0.474. The Kier molecular flexibility index (Phi) is 3.16. The highest BCUT2D eigenvalue weighted by Crippen LogP contribution is 2.65. The molecule has 2 fully saturated rings. The van der Waals surface area contributed by atoms with E-state index in [-0.39, 0.29) is 18.0 Å². The number of aryl methyl sites for hydroxylation is 1. The molecule has 0 saturated heterocycles. The molecule has 0 amide bonds. The van der Waals surface area contributed by atoms with Crippen molar-refractivity contribution in [1.82, 2.24) is 0 Å². The monoisotopic (exact) mass is 327 g/mol. The zero-order valence-corrected chi connectivity index (χ0v) is 13.7. The maximum atomic E-state index is 12.5. The summed E-state index contributed by atoms with van der Waals surface area (Å²) in [5, 5.41) is 21.7. The summed E-state index contributed by atoms with van der Waals surface area (Å²) in [5.41, 5.74) is 0.505. The molecule has 3 atom stereocenters. The van der Waals surface area contributed by atoms with Gasteiger partial charge in [0.15, 0.2) is 23.4 Å². The Morgan fingerprint density at radius 2 is 2.29 bits per heavy atom. The minimum atomic E-state index is -1.18. The zero-order chi connectivity index (χ0) is 17.1. The summed E-state index contributed by atoms with van der Waals surface area (Å²) in [6, 6.07) is 3.45. The number of aliphatic imine (C=N–C) groups is 1. The number of phenolic OH excluding ortho intramolecular Hbond substituents is 1. The molecule has 0 radical (unpaired) electrons. The first-order valence-corrected chi connectivity index (χ1v) is 8.41. The first kappa shape index (κ1) is 15.4. The number of aliphatic hydroxyl groups is 1. The summed E-state index contributed by atoms with van der Waals surface area (Å²) < 4.78 is 5.90. The van der Waals surface area contributed by atoms with E-state index in [9.17, 15) is 15.0 Å². The molecule has 24 heavy (non-hydrogen) atoms. The van der Waals surface area contributed by atoms with Crippen molar-refractivity contribution in [3.8, 4) is 11.5 Å². The largest absolute Gasteiger partial charge is 0.504 e. The number of hydrogen-bond donors (Lipinski definition) is 2. The molecule has 4 rings (SSSR count). The molecule has 2 aliphatic carbocycles. The topological polar surface area (TPSA) is 79.1 Å². The van der Waals surface area contributed by atoms with Crippen LogP contribution in [0.15, 0.2) is 29.8 Å². The Balaban J connectivity index is 1.94. The molecule has 1 heterocycles. The smallest absolute Gasteiger partial charge is 0.174 e. The molecule has 2 N–H and O–H groups in total. The van der Waals surface area contributed by atoms with Gasteiger partial charge in [-0.15, -0.1) is 6.58 Å². The quantitative estimate of drug-likeness (QED) is 0.833. The number of ether oxygens (including phenoxy) is 1. The lowest BCUT2D eigenvalue weighted by molar-refractivity contribution is -0.145. The maximum Gasteiger partial charge on any atom is 0.174 e. The molecule has 1 aromatic rings. The van der Waals surface area contributed by atoms with Gasteiger partial charge in [-0.25, -0.2) is 0 Å². The van der Waals surface area contributed by atoms with Crippen LogP contribution < -0.4 is 4.74 Å². The van der Waals surface area contributed by atoms with Gasteiger partial charge in [-0.2, -0.15) is 0 Å². The van der Waals surface area contributed by atoms with Crippen molar-refractivity contribution >= 4 is 11.5 Å². The molecule has 0 bridgehead atoms. The van der Waals surface area contributed by atoms with Crippen molar-refractivity contribution in [1.29, 1.82) is 0 Å². The molecule has 3 aliphatic rings.